The Morgan fingerprint density at radius 2 is 2.08 bits per heavy atom. The van der Waals surface area contributed by atoms with Crippen LogP contribution in [0.2, 0.25) is 0 Å². The summed E-state index contributed by atoms with van der Waals surface area (Å²) in [6.07, 6.45) is 7.73. The molecule has 4 rings (SSSR count). The lowest BCUT2D eigenvalue weighted by Crippen LogP contribution is -2.12. The summed E-state index contributed by atoms with van der Waals surface area (Å²) in [5.74, 6) is 0.430. The summed E-state index contributed by atoms with van der Waals surface area (Å²) in [6.45, 7) is 3.48. The van der Waals surface area contributed by atoms with Crippen molar-refractivity contribution in [3.05, 3.63) is 66.9 Å². The molecule has 0 saturated carbocycles. The highest BCUT2D eigenvalue weighted by molar-refractivity contribution is 5.62. The van der Waals surface area contributed by atoms with Crippen molar-refractivity contribution in [1.29, 1.82) is 0 Å². The molecule has 5 heteroatoms. The van der Waals surface area contributed by atoms with Crippen LogP contribution in [0.1, 0.15) is 24.5 Å². The van der Waals surface area contributed by atoms with Crippen LogP contribution in [0, 0.1) is 0 Å². The summed E-state index contributed by atoms with van der Waals surface area (Å²) in [6, 6.07) is 14.4. The maximum Gasteiger partial charge on any atom is 0.0956 e. The molecule has 0 bridgehead atoms. The van der Waals surface area contributed by atoms with Gasteiger partial charge in [0, 0.05) is 43.6 Å². The number of rotatable bonds is 7. The van der Waals surface area contributed by atoms with E-state index in [2.05, 4.69) is 39.1 Å². The van der Waals surface area contributed by atoms with Crippen molar-refractivity contribution in [2.24, 2.45) is 0 Å². The first-order valence-electron chi connectivity index (χ1n) is 9.24. The minimum absolute atomic E-state index is 0.430. The number of imidazole rings is 1. The highest BCUT2D eigenvalue weighted by atomic mass is 16.5. The highest BCUT2D eigenvalue weighted by Gasteiger charge is 2.25. The molecule has 0 unspecified atom stereocenters. The fourth-order valence-corrected chi connectivity index (χ4v) is 3.52. The van der Waals surface area contributed by atoms with Crippen molar-refractivity contribution in [2.45, 2.75) is 25.3 Å². The molecule has 2 aromatic heterocycles. The van der Waals surface area contributed by atoms with Crippen molar-refractivity contribution in [1.82, 2.24) is 14.5 Å². The number of pyridine rings is 1. The zero-order chi connectivity index (χ0) is 17.6. The number of hydrogen-bond acceptors (Lipinski definition) is 4. The van der Waals surface area contributed by atoms with E-state index >= 15 is 0 Å². The SMILES string of the molecule is c1ccc(-c2ncn(CCCNc3cccnc3)c2[C@H]2CCOC2)cc1. The molecule has 3 heterocycles. The number of aryl methyl sites for hydroxylation is 1. The first-order chi connectivity index (χ1) is 12.9. The molecule has 1 aromatic carbocycles. The summed E-state index contributed by atoms with van der Waals surface area (Å²) in [4.78, 5) is 8.88. The minimum atomic E-state index is 0.430. The van der Waals surface area contributed by atoms with Gasteiger partial charge in [-0.25, -0.2) is 4.98 Å². The third kappa shape index (κ3) is 3.78. The Morgan fingerprint density at radius 1 is 1.15 bits per heavy atom. The maximum atomic E-state index is 5.65. The Labute approximate surface area is 154 Å². The first-order valence-corrected chi connectivity index (χ1v) is 9.24. The Kier molecular flexibility index (Phi) is 5.26. The second-order valence-electron chi connectivity index (χ2n) is 6.62. The molecule has 0 spiro atoms. The van der Waals surface area contributed by atoms with Crippen LogP contribution in [0.25, 0.3) is 11.3 Å². The van der Waals surface area contributed by atoms with Gasteiger partial charge < -0.3 is 14.6 Å². The number of ether oxygens (including phenoxy) is 1. The molecule has 3 aromatic rings. The van der Waals surface area contributed by atoms with Gasteiger partial charge in [-0.3, -0.25) is 4.98 Å². The van der Waals surface area contributed by atoms with Crippen molar-refractivity contribution in [2.75, 3.05) is 25.1 Å². The Bertz CT molecular complexity index is 811. The van der Waals surface area contributed by atoms with Gasteiger partial charge in [0.25, 0.3) is 0 Å². The quantitative estimate of drug-likeness (QED) is 0.657. The molecule has 1 atom stereocenters. The van der Waals surface area contributed by atoms with Gasteiger partial charge in [-0.05, 0) is 25.0 Å². The summed E-state index contributed by atoms with van der Waals surface area (Å²) < 4.78 is 7.96. The van der Waals surface area contributed by atoms with E-state index < -0.39 is 0 Å². The smallest absolute Gasteiger partial charge is 0.0956 e. The van der Waals surface area contributed by atoms with Gasteiger partial charge in [-0.1, -0.05) is 30.3 Å². The molecule has 1 fully saturated rings. The van der Waals surface area contributed by atoms with Crippen LogP contribution in [-0.2, 0) is 11.3 Å². The topological polar surface area (TPSA) is 52.0 Å². The molecule has 0 aliphatic carbocycles. The van der Waals surface area contributed by atoms with E-state index in [1.54, 1.807) is 6.20 Å². The van der Waals surface area contributed by atoms with Crippen LogP contribution in [0.15, 0.2) is 61.2 Å². The predicted octanol–water partition coefficient (Wildman–Crippen LogP) is 3.95. The third-order valence-corrected chi connectivity index (χ3v) is 4.81. The lowest BCUT2D eigenvalue weighted by molar-refractivity contribution is 0.193. The average molecular weight is 348 g/mol. The lowest BCUT2D eigenvalue weighted by atomic mass is 9.99. The number of hydrogen-bond donors (Lipinski definition) is 1. The normalized spacial score (nSPS) is 16.7. The van der Waals surface area contributed by atoms with Crippen molar-refractivity contribution in [3.63, 3.8) is 0 Å². The Balaban J connectivity index is 1.47. The Hall–Kier alpha value is -2.66. The summed E-state index contributed by atoms with van der Waals surface area (Å²) >= 11 is 0. The molecule has 1 saturated heterocycles. The van der Waals surface area contributed by atoms with Gasteiger partial charge >= 0.3 is 0 Å². The number of benzene rings is 1. The summed E-state index contributed by atoms with van der Waals surface area (Å²) in [7, 11) is 0. The monoisotopic (exact) mass is 348 g/mol. The van der Waals surface area contributed by atoms with E-state index in [1.807, 2.05) is 30.7 Å². The van der Waals surface area contributed by atoms with E-state index in [0.717, 1.165) is 50.5 Å². The standard InChI is InChI=1S/C21H24N4O/c1-2-6-17(7-3-1)20-21(18-9-13-26-15-18)25(16-24-20)12-5-11-23-19-8-4-10-22-14-19/h1-4,6-8,10,14,16,18,23H,5,9,11-13,15H2/t18-/m0/s1. The summed E-state index contributed by atoms with van der Waals surface area (Å²) in [5, 5.41) is 3.42. The van der Waals surface area contributed by atoms with E-state index in [0.29, 0.717) is 5.92 Å². The van der Waals surface area contributed by atoms with Crippen LogP contribution in [0.5, 0.6) is 0 Å². The largest absolute Gasteiger partial charge is 0.384 e. The van der Waals surface area contributed by atoms with Gasteiger partial charge in [0.05, 0.1) is 30.0 Å². The van der Waals surface area contributed by atoms with Crippen molar-refractivity contribution >= 4 is 5.69 Å². The molecule has 5 nitrogen and oxygen atoms in total. The molecule has 1 aliphatic heterocycles. The molecular formula is C21H24N4O. The van der Waals surface area contributed by atoms with E-state index in [9.17, 15) is 0 Å². The van der Waals surface area contributed by atoms with Gasteiger partial charge in [0.15, 0.2) is 0 Å². The zero-order valence-corrected chi connectivity index (χ0v) is 14.8. The number of nitrogens with zero attached hydrogens (tertiary/aromatic N) is 3. The van der Waals surface area contributed by atoms with Gasteiger partial charge in [0.2, 0.25) is 0 Å². The van der Waals surface area contributed by atoms with Crippen molar-refractivity contribution < 1.29 is 4.74 Å². The minimum Gasteiger partial charge on any atom is -0.384 e. The number of nitrogens with one attached hydrogen (secondary N) is 1. The Morgan fingerprint density at radius 3 is 2.85 bits per heavy atom. The number of aromatic nitrogens is 3. The summed E-state index contributed by atoms with van der Waals surface area (Å²) in [5.41, 5.74) is 4.66. The zero-order valence-electron chi connectivity index (χ0n) is 14.8. The molecule has 134 valence electrons. The van der Waals surface area contributed by atoms with Crippen LogP contribution in [-0.4, -0.2) is 34.3 Å². The maximum absolute atomic E-state index is 5.65. The molecular weight excluding hydrogens is 324 g/mol. The first kappa shape index (κ1) is 16.8. The van der Waals surface area contributed by atoms with Gasteiger partial charge in [-0.2, -0.15) is 0 Å². The predicted molar refractivity (Wildman–Crippen MR) is 103 cm³/mol. The third-order valence-electron chi connectivity index (χ3n) is 4.81. The van der Waals surface area contributed by atoms with E-state index in [4.69, 9.17) is 9.72 Å². The fourth-order valence-electron chi connectivity index (χ4n) is 3.52. The van der Waals surface area contributed by atoms with Gasteiger partial charge in [-0.15, -0.1) is 0 Å². The van der Waals surface area contributed by atoms with Crippen LogP contribution in [0.3, 0.4) is 0 Å². The second-order valence-corrected chi connectivity index (χ2v) is 6.62. The molecule has 0 radical (unpaired) electrons. The van der Waals surface area contributed by atoms with Gasteiger partial charge in [0.1, 0.15) is 0 Å². The molecule has 0 amide bonds. The molecule has 1 N–H and O–H groups in total. The number of anilines is 1. The van der Waals surface area contributed by atoms with Crippen LogP contribution < -0.4 is 5.32 Å². The lowest BCUT2D eigenvalue weighted by Gasteiger charge is -2.15. The fraction of sp³-hybridized carbons (Fsp3) is 0.333. The van der Waals surface area contributed by atoms with E-state index in [1.165, 1.54) is 11.3 Å². The second kappa shape index (κ2) is 8.15. The average Bonchev–Trinajstić information content (AvgIpc) is 3.36. The van der Waals surface area contributed by atoms with E-state index in [-0.39, 0.29) is 0 Å². The highest BCUT2D eigenvalue weighted by Crippen LogP contribution is 2.33. The van der Waals surface area contributed by atoms with Crippen LogP contribution in [0.4, 0.5) is 5.69 Å². The van der Waals surface area contributed by atoms with Crippen molar-refractivity contribution in [3.8, 4) is 11.3 Å². The molecule has 1 aliphatic rings. The molecule has 26 heavy (non-hydrogen) atoms. The van der Waals surface area contributed by atoms with Crippen LogP contribution >= 0.6 is 0 Å².